The number of nitrogens with zero attached hydrogens (tertiary/aromatic N) is 4. The summed E-state index contributed by atoms with van der Waals surface area (Å²) in [6, 6.07) is 6.61. The molecule has 2 N–H and O–H groups in total. The Hall–Kier alpha value is -2.99. The molecule has 0 aliphatic carbocycles. The van der Waals surface area contributed by atoms with Crippen molar-refractivity contribution < 1.29 is 0 Å². The maximum absolute atomic E-state index is 11.3. The summed E-state index contributed by atoms with van der Waals surface area (Å²) >= 11 is 0. The van der Waals surface area contributed by atoms with E-state index < -0.39 is 11.4 Å². The van der Waals surface area contributed by atoms with Gasteiger partial charge in [0.25, 0.3) is 0 Å². The van der Waals surface area contributed by atoms with Crippen LogP contribution in [0, 0.1) is 0 Å². The molecular formula is C10H8N6O2. The number of azide groups is 1. The van der Waals surface area contributed by atoms with Crippen LogP contribution in [0.25, 0.3) is 22.2 Å². The molecule has 8 nitrogen and oxygen atoms in total. The van der Waals surface area contributed by atoms with Gasteiger partial charge in [0, 0.05) is 11.1 Å². The molecule has 8 heteroatoms. The Morgan fingerprint density at radius 1 is 1.17 bits per heavy atom. The molecule has 2 aromatic rings. The minimum Gasteiger partial charge on any atom is -0.247 e. The Bertz CT molecular complexity index is 699. The third-order valence-electron chi connectivity index (χ3n) is 2.22. The Morgan fingerprint density at radius 2 is 1.78 bits per heavy atom. The van der Waals surface area contributed by atoms with Gasteiger partial charge in [0.1, 0.15) is 0 Å². The maximum Gasteiger partial charge on any atom is 0.348 e. The van der Waals surface area contributed by atoms with Gasteiger partial charge in [-0.25, -0.2) is 24.4 Å². The lowest BCUT2D eigenvalue weighted by Crippen LogP contribution is -2.24. The average Bonchev–Trinajstić information content (AvgIpc) is 2.71. The summed E-state index contributed by atoms with van der Waals surface area (Å²) in [5.74, 6) is 0. The molecule has 90 valence electrons. The quantitative estimate of drug-likeness (QED) is 0.478. The maximum atomic E-state index is 11.3. The minimum atomic E-state index is -0.530. The highest BCUT2D eigenvalue weighted by Crippen LogP contribution is 2.07. The van der Waals surface area contributed by atoms with Gasteiger partial charge in [-0.05, 0) is 23.2 Å². The van der Waals surface area contributed by atoms with Crippen LogP contribution >= 0.6 is 0 Å². The fraction of sp³-hybridized carbons (Fsp3) is 0. The molecule has 0 bridgehead atoms. The van der Waals surface area contributed by atoms with Gasteiger partial charge in [0.05, 0.1) is 5.69 Å². The topological polar surface area (TPSA) is 119 Å². The van der Waals surface area contributed by atoms with Crippen molar-refractivity contribution in [3.8, 4) is 5.69 Å². The van der Waals surface area contributed by atoms with Gasteiger partial charge in [-0.1, -0.05) is 23.3 Å². The lowest BCUT2D eigenvalue weighted by molar-refractivity contribution is 0.952. The average molecular weight is 244 g/mol. The molecule has 0 spiro atoms. The molecule has 0 aliphatic heterocycles. The Kier molecular flexibility index (Phi) is 3.13. The van der Waals surface area contributed by atoms with Crippen LogP contribution < -0.4 is 11.4 Å². The number of nitrogens with one attached hydrogen (secondary N) is 2. The van der Waals surface area contributed by atoms with Gasteiger partial charge in [-0.2, -0.15) is 0 Å². The van der Waals surface area contributed by atoms with Crippen molar-refractivity contribution in [3.05, 3.63) is 67.4 Å². The van der Waals surface area contributed by atoms with E-state index >= 15 is 0 Å². The van der Waals surface area contributed by atoms with Crippen LogP contribution in [-0.2, 0) is 0 Å². The first-order valence-corrected chi connectivity index (χ1v) is 4.93. The molecule has 2 rings (SSSR count). The molecule has 0 amide bonds. The van der Waals surface area contributed by atoms with Gasteiger partial charge >= 0.3 is 11.4 Å². The van der Waals surface area contributed by atoms with Crippen LogP contribution in [0.3, 0.4) is 0 Å². The van der Waals surface area contributed by atoms with Crippen molar-refractivity contribution in [2.45, 2.75) is 0 Å². The van der Waals surface area contributed by atoms with Crippen molar-refractivity contribution in [1.82, 2.24) is 14.8 Å². The smallest absolute Gasteiger partial charge is 0.247 e. The van der Waals surface area contributed by atoms with E-state index in [1.165, 1.54) is 6.20 Å². The zero-order valence-corrected chi connectivity index (χ0v) is 9.07. The van der Waals surface area contributed by atoms with E-state index in [4.69, 9.17) is 5.53 Å². The van der Waals surface area contributed by atoms with Crippen LogP contribution in [0.2, 0.25) is 0 Å². The number of H-pyrrole nitrogens is 2. The third kappa shape index (κ3) is 2.23. The van der Waals surface area contributed by atoms with Crippen LogP contribution in [-0.4, -0.2) is 14.8 Å². The molecule has 18 heavy (non-hydrogen) atoms. The Labute approximate surface area is 99.8 Å². The summed E-state index contributed by atoms with van der Waals surface area (Å²) in [6.45, 7) is 0. The second kappa shape index (κ2) is 4.89. The van der Waals surface area contributed by atoms with Crippen LogP contribution in [0.15, 0.2) is 45.2 Å². The molecule has 0 saturated heterocycles. The highest BCUT2D eigenvalue weighted by Gasteiger charge is 2.04. The number of rotatable bonds is 3. The lowest BCUT2D eigenvalue weighted by Gasteiger charge is -1.99. The minimum absolute atomic E-state index is 0.448. The molecule has 1 heterocycles. The number of hydrogen-bond donors (Lipinski definition) is 2. The summed E-state index contributed by atoms with van der Waals surface area (Å²) in [5.41, 5.74) is 8.27. The molecular weight excluding hydrogens is 236 g/mol. The summed E-state index contributed by atoms with van der Waals surface area (Å²) in [5, 5.41) is 7.64. The Morgan fingerprint density at radius 3 is 2.33 bits per heavy atom. The fourth-order valence-corrected chi connectivity index (χ4v) is 1.43. The third-order valence-corrected chi connectivity index (χ3v) is 2.22. The van der Waals surface area contributed by atoms with E-state index in [0.29, 0.717) is 5.69 Å². The Balaban J connectivity index is 2.36. The molecule has 1 aromatic carbocycles. The number of aromatic nitrogens is 3. The van der Waals surface area contributed by atoms with Crippen LogP contribution in [0.5, 0.6) is 0 Å². The van der Waals surface area contributed by atoms with E-state index in [1.54, 1.807) is 30.3 Å². The highest BCUT2D eigenvalue weighted by molar-refractivity contribution is 5.51. The number of aromatic amines is 2. The first-order chi connectivity index (χ1) is 8.72. The SMILES string of the molecule is [N-]=[N+]=N/C=C/c1ccc(-n2c(=O)[nH][nH]c2=O)cc1. The molecule has 0 unspecified atom stereocenters. The highest BCUT2D eigenvalue weighted by atomic mass is 16.2. The first-order valence-electron chi connectivity index (χ1n) is 4.93. The molecule has 0 saturated carbocycles. The summed E-state index contributed by atoms with van der Waals surface area (Å²) in [6.07, 6.45) is 2.91. The van der Waals surface area contributed by atoms with E-state index in [0.717, 1.165) is 10.1 Å². The van der Waals surface area contributed by atoms with Gasteiger partial charge in [-0.15, -0.1) is 0 Å². The molecule has 0 radical (unpaired) electrons. The van der Waals surface area contributed by atoms with Crippen molar-refractivity contribution in [2.24, 2.45) is 5.11 Å². The van der Waals surface area contributed by atoms with Crippen molar-refractivity contribution in [1.29, 1.82) is 0 Å². The summed E-state index contributed by atoms with van der Waals surface area (Å²) in [4.78, 5) is 25.3. The molecule has 1 aromatic heterocycles. The molecule has 0 aliphatic rings. The van der Waals surface area contributed by atoms with Gasteiger partial charge in [0.15, 0.2) is 0 Å². The van der Waals surface area contributed by atoms with Gasteiger partial charge < -0.3 is 0 Å². The second-order valence-electron chi connectivity index (χ2n) is 3.31. The lowest BCUT2D eigenvalue weighted by atomic mass is 10.2. The predicted molar refractivity (Wildman–Crippen MR) is 65.2 cm³/mol. The molecule has 0 fully saturated rings. The molecule has 0 atom stereocenters. The van der Waals surface area contributed by atoms with Gasteiger partial charge in [-0.3, -0.25) is 0 Å². The zero-order valence-electron chi connectivity index (χ0n) is 9.07. The fourth-order valence-electron chi connectivity index (χ4n) is 1.43. The standard InChI is InChI=1S/C10H8N6O2/c11-15-12-6-5-7-1-3-8(4-2-7)16-9(17)13-14-10(16)18/h1-6H,(H,13,17)(H,14,18)/b6-5+. The van der Waals surface area contributed by atoms with Gasteiger partial charge in [0.2, 0.25) is 0 Å². The first kappa shape index (κ1) is 11.5. The van der Waals surface area contributed by atoms with Crippen LogP contribution in [0.1, 0.15) is 5.56 Å². The largest absolute Gasteiger partial charge is 0.348 e. The van der Waals surface area contributed by atoms with E-state index in [1.807, 2.05) is 0 Å². The van der Waals surface area contributed by atoms with Crippen molar-refractivity contribution in [2.75, 3.05) is 0 Å². The summed E-state index contributed by atoms with van der Waals surface area (Å²) < 4.78 is 0.973. The summed E-state index contributed by atoms with van der Waals surface area (Å²) in [7, 11) is 0. The monoisotopic (exact) mass is 244 g/mol. The number of hydrogen-bond acceptors (Lipinski definition) is 3. The van der Waals surface area contributed by atoms with Crippen molar-refractivity contribution >= 4 is 6.08 Å². The zero-order chi connectivity index (χ0) is 13.0. The normalized spacial score (nSPS) is 10.4. The van der Waals surface area contributed by atoms with E-state index in [-0.39, 0.29) is 0 Å². The predicted octanol–water partition coefficient (Wildman–Crippen LogP) is 1.13. The van der Waals surface area contributed by atoms with E-state index in [9.17, 15) is 9.59 Å². The van der Waals surface area contributed by atoms with Crippen molar-refractivity contribution in [3.63, 3.8) is 0 Å². The van der Waals surface area contributed by atoms with Crippen LogP contribution in [0.4, 0.5) is 0 Å². The van der Waals surface area contributed by atoms with E-state index in [2.05, 4.69) is 20.2 Å². The second-order valence-corrected chi connectivity index (χ2v) is 3.31. The number of benzene rings is 1.